The monoisotopic (exact) mass is 415 g/mol. The summed E-state index contributed by atoms with van der Waals surface area (Å²) in [6.45, 7) is 3.71. The number of halogens is 2. The van der Waals surface area contributed by atoms with Crippen molar-refractivity contribution in [3.63, 3.8) is 0 Å². The molecule has 0 fully saturated rings. The van der Waals surface area contributed by atoms with Gasteiger partial charge in [-0.25, -0.2) is 13.6 Å². The van der Waals surface area contributed by atoms with Gasteiger partial charge in [0.2, 0.25) is 10.0 Å². The van der Waals surface area contributed by atoms with E-state index in [-0.39, 0.29) is 4.90 Å². The molecule has 0 saturated heterocycles. The summed E-state index contributed by atoms with van der Waals surface area (Å²) in [5.41, 5.74) is 0. The van der Waals surface area contributed by atoms with Crippen LogP contribution in [-0.2, 0) is 14.8 Å². The summed E-state index contributed by atoms with van der Waals surface area (Å²) in [4.78, 5) is 0.0212. The van der Waals surface area contributed by atoms with Crippen molar-refractivity contribution in [2.75, 3.05) is 19.8 Å². The zero-order valence-electron chi connectivity index (χ0n) is 10.4. The van der Waals surface area contributed by atoms with Crippen LogP contribution in [0, 0.1) is 0 Å². The summed E-state index contributed by atoms with van der Waals surface area (Å²) in [7, 11) is -3.73. The van der Waals surface area contributed by atoms with Crippen molar-refractivity contribution in [1.29, 1.82) is 0 Å². The standard InChI is InChI=1S/C11H15Br2NO4S/c1-2-17-4-3-5-18-11-9(12)6-8(7-10(11)13)19(14,15)16/h6-7H,2-5H2,1H3,(H2,14,15,16). The van der Waals surface area contributed by atoms with E-state index in [0.717, 1.165) is 6.42 Å². The molecule has 1 rings (SSSR count). The van der Waals surface area contributed by atoms with Gasteiger partial charge in [-0.05, 0) is 50.9 Å². The number of primary sulfonamides is 1. The lowest BCUT2D eigenvalue weighted by atomic mass is 10.3. The molecule has 8 heteroatoms. The lowest BCUT2D eigenvalue weighted by Crippen LogP contribution is -2.12. The maximum Gasteiger partial charge on any atom is 0.238 e. The molecule has 0 amide bonds. The molecule has 2 N–H and O–H groups in total. The van der Waals surface area contributed by atoms with Crippen molar-refractivity contribution in [1.82, 2.24) is 0 Å². The molecule has 0 aliphatic heterocycles. The Hall–Kier alpha value is -0.150. The van der Waals surface area contributed by atoms with Gasteiger partial charge < -0.3 is 9.47 Å². The number of benzene rings is 1. The SMILES string of the molecule is CCOCCCOc1c(Br)cc(S(N)(=O)=O)cc1Br. The smallest absolute Gasteiger partial charge is 0.238 e. The maximum atomic E-state index is 11.3. The highest BCUT2D eigenvalue weighted by molar-refractivity contribution is 9.11. The third-order valence-electron chi connectivity index (χ3n) is 2.18. The Bertz CT molecular complexity index is 510. The van der Waals surface area contributed by atoms with Gasteiger partial charge in [-0.3, -0.25) is 0 Å². The average Bonchev–Trinajstić information content (AvgIpc) is 2.30. The van der Waals surface area contributed by atoms with E-state index in [9.17, 15) is 8.42 Å². The maximum absolute atomic E-state index is 11.3. The zero-order chi connectivity index (χ0) is 14.5. The molecule has 0 atom stereocenters. The van der Waals surface area contributed by atoms with Crippen molar-refractivity contribution in [3.8, 4) is 5.75 Å². The van der Waals surface area contributed by atoms with Gasteiger partial charge in [0.1, 0.15) is 5.75 Å². The summed E-state index contributed by atoms with van der Waals surface area (Å²) in [6.07, 6.45) is 0.754. The fourth-order valence-corrected chi connectivity index (χ4v) is 3.60. The summed E-state index contributed by atoms with van der Waals surface area (Å²) in [6, 6.07) is 2.83. The van der Waals surface area contributed by atoms with Gasteiger partial charge >= 0.3 is 0 Å². The van der Waals surface area contributed by atoms with Crippen molar-refractivity contribution in [2.24, 2.45) is 5.14 Å². The van der Waals surface area contributed by atoms with Gasteiger partial charge in [0.15, 0.2) is 0 Å². The molecule has 0 radical (unpaired) electrons. The fraction of sp³-hybridized carbons (Fsp3) is 0.455. The van der Waals surface area contributed by atoms with E-state index in [2.05, 4.69) is 31.9 Å². The summed E-state index contributed by atoms with van der Waals surface area (Å²) >= 11 is 6.53. The molecule has 0 saturated carbocycles. The normalized spacial score (nSPS) is 11.6. The van der Waals surface area contributed by atoms with Crippen LogP contribution in [0.3, 0.4) is 0 Å². The highest BCUT2D eigenvalue weighted by Gasteiger charge is 2.15. The van der Waals surface area contributed by atoms with Crippen molar-refractivity contribution in [3.05, 3.63) is 21.1 Å². The van der Waals surface area contributed by atoms with Crippen molar-refractivity contribution in [2.45, 2.75) is 18.2 Å². The molecule has 0 unspecified atom stereocenters. The molecule has 0 aliphatic carbocycles. The molecule has 5 nitrogen and oxygen atoms in total. The summed E-state index contributed by atoms with van der Waals surface area (Å²) in [5.74, 6) is 0.545. The molecule has 0 bridgehead atoms. The number of nitrogens with two attached hydrogens (primary N) is 1. The number of rotatable bonds is 7. The van der Waals surface area contributed by atoms with Crippen molar-refractivity contribution < 1.29 is 17.9 Å². The molecule has 0 heterocycles. The third kappa shape index (κ3) is 5.39. The second-order valence-corrected chi connectivity index (χ2v) is 6.93. The Kier molecular flexibility index (Phi) is 6.75. The van der Waals surface area contributed by atoms with E-state index in [1.807, 2.05) is 6.92 Å². The van der Waals surface area contributed by atoms with Crippen LogP contribution in [0.4, 0.5) is 0 Å². The molecule has 108 valence electrons. The summed E-state index contributed by atoms with van der Waals surface area (Å²) < 4.78 is 34.3. The van der Waals surface area contributed by atoms with E-state index in [0.29, 0.717) is 34.5 Å². The molecule has 1 aromatic rings. The Morgan fingerprint density at radius 3 is 2.26 bits per heavy atom. The van der Waals surface area contributed by atoms with Crippen LogP contribution in [0.15, 0.2) is 26.0 Å². The first-order valence-electron chi connectivity index (χ1n) is 5.58. The predicted octanol–water partition coefficient (Wildman–Crippen LogP) is 2.66. The van der Waals surface area contributed by atoms with Gasteiger partial charge in [-0.1, -0.05) is 0 Å². The van der Waals surface area contributed by atoms with Crippen LogP contribution in [0.25, 0.3) is 0 Å². The number of hydrogen-bond donors (Lipinski definition) is 1. The first-order chi connectivity index (χ1) is 8.86. The minimum absolute atomic E-state index is 0.0212. The number of ether oxygens (including phenoxy) is 2. The van der Waals surface area contributed by atoms with E-state index in [4.69, 9.17) is 14.6 Å². The van der Waals surface area contributed by atoms with Gasteiger partial charge in [0.05, 0.1) is 20.4 Å². The van der Waals surface area contributed by atoms with Crippen LogP contribution in [0.1, 0.15) is 13.3 Å². The highest BCUT2D eigenvalue weighted by Crippen LogP contribution is 2.35. The molecule has 0 aromatic heterocycles. The largest absolute Gasteiger partial charge is 0.491 e. The lowest BCUT2D eigenvalue weighted by Gasteiger charge is -2.11. The molecule has 0 aliphatic rings. The summed E-state index contributed by atoms with van der Waals surface area (Å²) in [5, 5.41) is 5.07. The van der Waals surface area contributed by atoms with E-state index >= 15 is 0 Å². The molecular weight excluding hydrogens is 402 g/mol. The number of hydrogen-bond acceptors (Lipinski definition) is 4. The van der Waals surface area contributed by atoms with Crippen LogP contribution < -0.4 is 9.88 Å². The minimum atomic E-state index is -3.73. The fourth-order valence-electron chi connectivity index (χ4n) is 1.32. The van der Waals surface area contributed by atoms with E-state index in [1.165, 1.54) is 12.1 Å². The third-order valence-corrected chi connectivity index (χ3v) is 4.25. The Labute approximate surface area is 129 Å². The second kappa shape index (κ2) is 7.58. The zero-order valence-corrected chi connectivity index (χ0v) is 14.3. The Balaban J connectivity index is 2.75. The highest BCUT2D eigenvalue weighted by atomic mass is 79.9. The molecule has 1 aromatic carbocycles. The van der Waals surface area contributed by atoms with Crippen LogP contribution >= 0.6 is 31.9 Å². The lowest BCUT2D eigenvalue weighted by molar-refractivity contribution is 0.130. The molecular formula is C11H15Br2NO4S. The van der Waals surface area contributed by atoms with E-state index in [1.54, 1.807) is 0 Å². The first kappa shape index (κ1) is 16.9. The van der Waals surface area contributed by atoms with Gasteiger partial charge in [-0.2, -0.15) is 0 Å². The molecule has 0 spiro atoms. The van der Waals surface area contributed by atoms with Crippen LogP contribution in [0.2, 0.25) is 0 Å². The minimum Gasteiger partial charge on any atom is -0.491 e. The Morgan fingerprint density at radius 1 is 1.21 bits per heavy atom. The van der Waals surface area contributed by atoms with Crippen LogP contribution in [0.5, 0.6) is 5.75 Å². The predicted molar refractivity (Wildman–Crippen MR) is 79.8 cm³/mol. The quantitative estimate of drug-likeness (QED) is 0.693. The van der Waals surface area contributed by atoms with Gasteiger partial charge in [0.25, 0.3) is 0 Å². The first-order valence-corrected chi connectivity index (χ1v) is 8.72. The average molecular weight is 417 g/mol. The second-order valence-electron chi connectivity index (χ2n) is 3.66. The molecule has 19 heavy (non-hydrogen) atoms. The van der Waals surface area contributed by atoms with Gasteiger partial charge in [0, 0.05) is 19.6 Å². The number of sulfonamides is 1. The Morgan fingerprint density at radius 2 is 1.79 bits per heavy atom. The van der Waals surface area contributed by atoms with Gasteiger partial charge in [-0.15, -0.1) is 0 Å². The van der Waals surface area contributed by atoms with Crippen molar-refractivity contribution >= 4 is 41.9 Å². The van der Waals surface area contributed by atoms with Crippen LogP contribution in [-0.4, -0.2) is 28.2 Å². The topological polar surface area (TPSA) is 78.6 Å². The van der Waals surface area contributed by atoms with E-state index < -0.39 is 10.0 Å².